The topological polar surface area (TPSA) is 245 Å². The lowest BCUT2D eigenvalue weighted by molar-refractivity contribution is -0.379. The van der Waals surface area contributed by atoms with E-state index < -0.39 is 97.2 Å². The van der Waals surface area contributed by atoms with E-state index in [1.165, 1.54) is 0 Å². The van der Waals surface area contributed by atoms with Crippen molar-refractivity contribution < 1.29 is 74.4 Å². The van der Waals surface area contributed by atoms with E-state index in [4.69, 9.17) is 23.7 Å². The number of aliphatic hydroxyl groups excluding tert-OH is 9. The Morgan fingerprint density at radius 3 is 1.84 bits per heavy atom. The zero-order chi connectivity index (χ0) is 41.2. The van der Waals surface area contributed by atoms with Gasteiger partial charge in [-0.05, 0) is 111 Å². The van der Waals surface area contributed by atoms with Crippen LogP contribution in [0, 0.1) is 56.7 Å². The third-order valence-corrected chi connectivity index (χ3v) is 18.6. The highest BCUT2D eigenvalue weighted by molar-refractivity contribution is 5.80. The van der Waals surface area contributed by atoms with E-state index in [1.54, 1.807) is 0 Å². The average molecular weight is 813 g/mol. The van der Waals surface area contributed by atoms with Crippen LogP contribution in [0.3, 0.4) is 0 Å². The van der Waals surface area contributed by atoms with Crippen molar-refractivity contribution in [3.05, 3.63) is 0 Å². The SMILES string of the molecule is CC1(CO)OC(=O)C23CCC1C2CCC1(C)C3CCC2C3(C)CCC(OC4OC(CO)C(O)C(O)C4OC4OC(CO)C(O)C(O)C4O)C(C)(CO)C3CCC21C. The van der Waals surface area contributed by atoms with Crippen LogP contribution < -0.4 is 0 Å². The minimum Gasteiger partial charge on any atom is -0.456 e. The summed E-state index contributed by atoms with van der Waals surface area (Å²) >= 11 is 0. The number of rotatable bonds is 8. The molecule has 22 atom stereocenters. The van der Waals surface area contributed by atoms with Gasteiger partial charge in [0.2, 0.25) is 0 Å². The minimum atomic E-state index is -1.79. The van der Waals surface area contributed by atoms with Gasteiger partial charge in [-0.15, -0.1) is 0 Å². The van der Waals surface area contributed by atoms with Crippen LogP contribution in [0.5, 0.6) is 0 Å². The Kier molecular flexibility index (Phi) is 10.9. The molecule has 3 saturated heterocycles. The summed E-state index contributed by atoms with van der Waals surface area (Å²) in [4.78, 5) is 14.3. The van der Waals surface area contributed by atoms with E-state index in [0.717, 1.165) is 57.8 Å². The summed E-state index contributed by atoms with van der Waals surface area (Å²) in [5, 5.41) is 95.2. The first-order chi connectivity index (χ1) is 26.8. The molecule has 15 nitrogen and oxygen atoms in total. The van der Waals surface area contributed by atoms with Crippen molar-refractivity contribution in [2.24, 2.45) is 56.7 Å². The van der Waals surface area contributed by atoms with Crippen LogP contribution in [0.25, 0.3) is 0 Å². The Labute approximate surface area is 335 Å². The lowest BCUT2D eigenvalue weighted by atomic mass is 9.31. The lowest BCUT2D eigenvalue weighted by Crippen LogP contribution is -2.70. The predicted octanol–water partition coefficient (Wildman–Crippen LogP) is 0.357. The van der Waals surface area contributed by atoms with Crippen molar-refractivity contribution in [1.82, 2.24) is 0 Å². The third kappa shape index (κ3) is 5.73. The second kappa shape index (κ2) is 14.5. The number of carbonyl (C=O) groups is 1. The summed E-state index contributed by atoms with van der Waals surface area (Å²) in [5.41, 5.74) is -2.56. The van der Waals surface area contributed by atoms with E-state index >= 15 is 0 Å². The molecule has 8 fully saturated rings. The van der Waals surface area contributed by atoms with Gasteiger partial charge in [0.05, 0.1) is 37.9 Å². The highest BCUT2D eigenvalue weighted by Crippen LogP contribution is 2.79. The molecule has 5 aliphatic carbocycles. The van der Waals surface area contributed by atoms with Crippen molar-refractivity contribution in [2.45, 2.75) is 172 Å². The van der Waals surface area contributed by atoms with Gasteiger partial charge >= 0.3 is 5.97 Å². The largest absolute Gasteiger partial charge is 0.456 e. The molecule has 9 N–H and O–H groups in total. The first-order valence-corrected chi connectivity index (χ1v) is 21.5. The number of esters is 1. The molecule has 0 aromatic rings. The lowest BCUT2D eigenvalue weighted by Gasteiger charge is -2.73. The molecule has 15 heteroatoms. The number of cyclic esters (lactones) is 1. The molecule has 0 radical (unpaired) electrons. The maximum Gasteiger partial charge on any atom is 0.313 e. The molecular weight excluding hydrogens is 744 g/mol. The van der Waals surface area contributed by atoms with Crippen molar-refractivity contribution in [3.8, 4) is 0 Å². The summed E-state index contributed by atoms with van der Waals surface area (Å²) < 4.78 is 30.5. The molecule has 0 aromatic heterocycles. The zero-order valence-electron chi connectivity index (χ0n) is 34.1. The number of carbonyl (C=O) groups excluding carboxylic acids is 1. The number of hydrogen-bond donors (Lipinski definition) is 9. The summed E-state index contributed by atoms with van der Waals surface area (Å²) in [5.74, 6) is 0.762. The molecule has 57 heavy (non-hydrogen) atoms. The Morgan fingerprint density at radius 2 is 1.19 bits per heavy atom. The van der Waals surface area contributed by atoms with Crippen molar-refractivity contribution in [1.29, 1.82) is 0 Å². The molecule has 8 aliphatic rings. The standard InChI is InChI=1S/C42H68O15/c1-37-12-11-27(55-35-33(31(50)29(48)23(17-44)54-35)56-34-32(51)30(49)28(47)22(16-43)53-34)38(2,18-45)24(37)10-14-39(3)25(37)6-7-26-40(39,4)13-8-21-20-9-15-42(21,26)36(52)57-41(20,5)19-46/h20-35,43-51H,6-19H2,1-5H3. The van der Waals surface area contributed by atoms with Crippen LogP contribution in [0.4, 0.5) is 0 Å². The molecule has 3 aliphatic heterocycles. The van der Waals surface area contributed by atoms with E-state index in [0.29, 0.717) is 12.3 Å². The van der Waals surface area contributed by atoms with Gasteiger partial charge < -0.3 is 69.6 Å². The van der Waals surface area contributed by atoms with Crippen LogP contribution in [0.15, 0.2) is 0 Å². The summed E-state index contributed by atoms with van der Waals surface area (Å²) in [6.45, 7) is 9.49. The first-order valence-electron chi connectivity index (χ1n) is 21.5. The van der Waals surface area contributed by atoms with Crippen LogP contribution in [0.2, 0.25) is 0 Å². The van der Waals surface area contributed by atoms with Gasteiger partial charge in [-0.3, -0.25) is 4.79 Å². The summed E-state index contributed by atoms with van der Waals surface area (Å²) in [6, 6.07) is 0. The Bertz CT molecular complexity index is 1520. The van der Waals surface area contributed by atoms with Crippen LogP contribution >= 0.6 is 0 Å². The monoisotopic (exact) mass is 812 g/mol. The van der Waals surface area contributed by atoms with Gasteiger partial charge in [0.15, 0.2) is 12.6 Å². The zero-order valence-corrected chi connectivity index (χ0v) is 34.1. The normalized spacial score (nSPS) is 58.5. The maximum absolute atomic E-state index is 14.3. The van der Waals surface area contributed by atoms with Crippen molar-refractivity contribution >= 4 is 5.97 Å². The Hall–Kier alpha value is -1.05. The number of ether oxygens (including phenoxy) is 5. The Morgan fingerprint density at radius 1 is 0.596 bits per heavy atom. The fourth-order valence-electron chi connectivity index (χ4n) is 15.4. The number of hydrogen-bond acceptors (Lipinski definition) is 15. The smallest absolute Gasteiger partial charge is 0.313 e. The highest BCUT2D eigenvalue weighted by atomic mass is 16.8. The second-order valence-corrected chi connectivity index (χ2v) is 20.6. The van der Waals surface area contributed by atoms with Gasteiger partial charge in [0.25, 0.3) is 0 Å². The molecule has 2 bridgehead atoms. The molecule has 3 heterocycles. The van der Waals surface area contributed by atoms with Crippen LogP contribution in [-0.4, -0.2) is 151 Å². The number of fused-ring (bicyclic) bond motifs is 5. The van der Waals surface area contributed by atoms with Gasteiger partial charge in [0.1, 0.15) is 54.4 Å². The Balaban J connectivity index is 1.05. The molecule has 0 amide bonds. The van der Waals surface area contributed by atoms with Gasteiger partial charge in [0, 0.05) is 11.3 Å². The molecule has 22 unspecified atom stereocenters. The fraction of sp³-hybridized carbons (Fsp3) is 0.976. The van der Waals surface area contributed by atoms with E-state index in [2.05, 4.69) is 20.8 Å². The van der Waals surface area contributed by atoms with Crippen LogP contribution in [0.1, 0.15) is 98.8 Å². The quantitative estimate of drug-likeness (QED) is 0.119. The fourth-order valence-corrected chi connectivity index (χ4v) is 15.4. The maximum atomic E-state index is 14.3. The molecule has 5 saturated carbocycles. The van der Waals surface area contributed by atoms with Crippen molar-refractivity contribution in [2.75, 3.05) is 26.4 Å². The van der Waals surface area contributed by atoms with Crippen LogP contribution in [-0.2, 0) is 28.5 Å². The molecule has 0 spiro atoms. The van der Waals surface area contributed by atoms with Gasteiger partial charge in [-0.1, -0.05) is 27.7 Å². The predicted molar refractivity (Wildman–Crippen MR) is 198 cm³/mol. The minimum absolute atomic E-state index is 0.0137. The van der Waals surface area contributed by atoms with Gasteiger partial charge in [-0.2, -0.15) is 0 Å². The number of aliphatic hydroxyl groups is 9. The average Bonchev–Trinajstić information content (AvgIpc) is 3.55. The first kappa shape index (κ1) is 42.6. The van der Waals surface area contributed by atoms with E-state index in [9.17, 15) is 50.8 Å². The van der Waals surface area contributed by atoms with Gasteiger partial charge in [-0.25, -0.2) is 0 Å². The molecule has 0 aromatic carbocycles. The highest BCUT2D eigenvalue weighted by Gasteiger charge is 2.76. The molecule has 8 rings (SSSR count). The summed E-state index contributed by atoms with van der Waals surface area (Å²) in [6.07, 6.45) is -7.67. The third-order valence-electron chi connectivity index (χ3n) is 18.6. The van der Waals surface area contributed by atoms with Crippen molar-refractivity contribution in [3.63, 3.8) is 0 Å². The molecular formula is C42H68O15. The van der Waals surface area contributed by atoms with E-state index in [-0.39, 0.29) is 59.1 Å². The molecule has 326 valence electrons. The second-order valence-electron chi connectivity index (χ2n) is 20.6. The summed E-state index contributed by atoms with van der Waals surface area (Å²) in [7, 11) is 0. The van der Waals surface area contributed by atoms with E-state index in [1.807, 2.05) is 13.8 Å².